The smallest absolute Gasteiger partial charge is 0.463 e. The van der Waals surface area contributed by atoms with Crippen LogP contribution in [-0.4, -0.2) is 84.6 Å². The first-order valence-electron chi connectivity index (χ1n) is 9.81. The molecule has 0 aliphatic rings. The molecule has 9 nitrogen and oxygen atoms in total. The minimum Gasteiger partial charge on any atom is -0.463 e. The fourth-order valence-corrected chi connectivity index (χ4v) is 4.16. The molecule has 0 spiro atoms. The van der Waals surface area contributed by atoms with Crippen LogP contribution in [0.1, 0.15) is 46.0 Å². The first-order valence-corrected chi connectivity index (χ1v) is 11.7. The third-order valence-corrected chi connectivity index (χ3v) is 7.13. The van der Waals surface area contributed by atoms with E-state index in [1.165, 1.54) is 4.90 Å². The van der Waals surface area contributed by atoms with Gasteiger partial charge in [0.15, 0.2) is 0 Å². The second-order valence-electron chi connectivity index (χ2n) is 6.32. The molecule has 0 heterocycles. The molecule has 1 unspecified atom stereocenters. The molecule has 0 radical (unpaired) electrons. The monoisotopic (exact) mass is 423 g/mol. The molecule has 166 valence electrons. The summed E-state index contributed by atoms with van der Waals surface area (Å²) in [7, 11) is 1.90. The second-order valence-corrected chi connectivity index (χ2v) is 9.41. The summed E-state index contributed by atoms with van der Waals surface area (Å²) in [5.41, 5.74) is 0. The van der Waals surface area contributed by atoms with Gasteiger partial charge in [0.25, 0.3) is 0 Å². The summed E-state index contributed by atoms with van der Waals surface area (Å²) in [6.07, 6.45) is 1.89. The first kappa shape index (κ1) is 26.8. The maximum Gasteiger partial charge on any atom is 0.500 e. The lowest BCUT2D eigenvalue weighted by molar-refractivity contribution is -0.156. The quantitative estimate of drug-likeness (QED) is 0.229. The molecule has 1 amide bonds. The van der Waals surface area contributed by atoms with Crippen LogP contribution in [-0.2, 0) is 27.5 Å². The second kappa shape index (κ2) is 15.7. The van der Waals surface area contributed by atoms with E-state index in [0.29, 0.717) is 32.0 Å². The summed E-state index contributed by atoms with van der Waals surface area (Å²) in [5, 5.41) is 9.40. The summed E-state index contributed by atoms with van der Waals surface area (Å²) in [5.74, 6) is -0.732. The maximum absolute atomic E-state index is 12.5. The number of aliphatic hydroxyl groups is 1. The molecule has 28 heavy (non-hydrogen) atoms. The molecule has 0 aromatic carbocycles. The van der Waals surface area contributed by atoms with Gasteiger partial charge in [-0.2, -0.15) is 0 Å². The van der Waals surface area contributed by atoms with Crippen LogP contribution in [0.3, 0.4) is 0 Å². The standard InChI is InChI=1S/C18H37NO8Si/c1-6-8-11-19(12-10-14-28(23-3,24-4)25-5)18(22)27-16(15-20)17(21)26-13-9-7-2/h16,20H,6-15H2,1-5H3. The topological polar surface area (TPSA) is 104 Å². The summed E-state index contributed by atoms with van der Waals surface area (Å²) >= 11 is 0. The third kappa shape index (κ3) is 9.83. The zero-order valence-electron chi connectivity index (χ0n) is 17.9. The Kier molecular flexibility index (Phi) is 15.0. The van der Waals surface area contributed by atoms with Crippen molar-refractivity contribution in [3.05, 3.63) is 0 Å². The Morgan fingerprint density at radius 1 is 0.964 bits per heavy atom. The predicted octanol–water partition coefficient (Wildman–Crippen LogP) is 2.20. The number of hydrogen-bond donors (Lipinski definition) is 1. The summed E-state index contributed by atoms with van der Waals surface area (Å²) < 4.78 is 26.4. The van der Waals surface area contributed by atoms with Crippen molar-refractivity contribution in [3.8, 4) is 0 Å². The van der Waals surface area contributed by atoms with Crippen LogP contribution in [0.15, 0.2) is 0 Å². The van der Waals surface area contributed by atoms with Gasteiger partial charge in [-0.25, -0.2) is 9.59 Å². The van der Waals surface area contributed by atoms with E-state index in [4.69, 9.17) is 22.8 Å². The molecule has 0 saturated heterocycles. The number of nitrogens with zero attached hydrogens (tertiary/aromatic N) is 1. The van der Waals surface area contributed by atoms with Crippen molar-refractivity contribution in [2.75, 3.05) is 47.6 Å². The van der Waals surface area contributed by atoms with Crippen LogP contribution in [0.5, 0.6) is 0 Å². The number of ether oxygens (including phenoxy) is 2. The predicted molar refractivity (Wildman–Crippen MR) is 106 cm³/mol. The van der Waals surface area contributed by atoms with Gasteiger partial charge >= 0.3 is 20.9 Å². The van der Waals surface area contributed by atoms with Gasteiger partial charge in [-0.3, -0.25) is 0 Å². The lowest BCUT2D eigenvalue weighted by atomic mass is 10.3. The van der Waals surface area contributed by atoms with Crippen molar-refractivity contribution in [1.82, 2.24) is 4.90 Å². The van der Waals surface area contributed by atoms with E-state index >= 15 is 0 Å². The number of rotatable bonds is 16. The summed E-state index contributed by atoms with van der Waals surface area (Å²) in [4.78, 5) is 26.0. The van der Waals surface area contributed by atoms with Crippen molar-refractivity contribution < 1.29 is 37.4 Å². The highest BCUT2D eigenvalue weighted by molar-refractivity contribution is 6.60. The van der Waals surface area contributed by atoms with Gasteiger partial charge < -0.3 is 32.8 Å². The molecule has 0 saturated carbocycles. The van der Waals surface area contributed by atoms with Gasteiger partial charge in [0.2, 0.25) is 6.10 Å². The fraction of sp³-hybridized carbons (Fsp3) is 0.889. The lowest BCUT2D eigenvalue weighted by Gasteiger charge is -2.27. The van der Waals surface area contributed by atoms with Crippen LogP contribution >= 0.6 is 0 Å². The number of amides is 1. The van der Waals surface area contributed by atoms with Crippen molar-refractivity contribution in [2.24, 2.45) is 0 Å². The Bertz CT molecular complexity index is 426. The Morgan fingerprint density at radius 3 is 2.04 bits per heavy atom. The minimum atomic E-state index is -2.72. The molecule has 0 aliphatic carbocycles. The number of aliphatic hydroxyl groups excluding tert-OH is 1. The SMILES string of the molecule is CCCCOC(=O)C(CO)OC(=O)N(CCCC)CCC[Si](OC)(OC)OC. The van der Waals surface area contributed by atoms with E-state index in [9.17, 15) is 14.7 Å². The van der Waals surface area contributed by atoms with Gasteiger partial charge in [-0.1, -0.05) is 26.7 Å². The Hall–Kier alpha value is -1.20. The van der Waals surface area contributed by atoms with Crippen molar-refractivity contribution in [2.45, 2.75) is 58.1 Å². The lowest BCUT2D eigenvalue weighted by Crippen LogP contribution is -2.44. The van der Waals surface area contributed by atoms with E-state index in [1.807, 2.05) is 13.8 Å². The normalized spacial score (nSPS) is 12.5. The molecule has 0 fully saturated rings. The van der Waals surface area contributed by atoms with Crippen LogP contribution in [0, 0.1) is 0 Å². The maximum atomic E-state index is 12.5. The molecular formula is C18H37NO8Si. The van der Waals surface area contributed by atoms with Crippen molar-refractivity contribution in [3.63, 3.8) is 0 Å². The average molecular weight is 424 g/mol. The average Bonchev–Trinajstić information content (AvgIpc) is 2.71. The van der Waals surface area contributed by atoms with Gasteiger partial charge in [0.05, 0.1) is 13.2 Å². The molecule has 0 bridgehead atoms. The Balaban J connectivity index is 4.79. The minimum absolute atomic E-state index is 0.237. The Labute approximate surface area is 169 Å². The van der Waals surface area contributed by atoms with Crippen LogP contribution in [0.25, 0.3) is 0 Å². The number of carbonyl (C=O) groups is 2. The van der Waals surface area contributed by atoms with E-state index in [1.54, 1.807) is 21.3 Å². The molecule has 1 atom stereocenters. The van der Waals surface area contributed by atoms with Crippen LogP contribution in [0.2, 0.25) is 6.04 Å². The highest BCUT2D eigenvalue weighted by atomic mass is 28.4. The summed E-state index contributed by atoms with van der Waals surface area (Å²) in [6.45, 7) is 4.49. The zero-order chi connectivity index (χ0) is 21.4. The number of carbonyl (C=O) groups excluding carboxylic acids is 2. The highest BCUT2D eigenvalue weighted by Gasteiger charge is 2.37. The molecule has 0 aliphatic heterocycles. The Morgan fingerprint density at radius 2 is 1.54 bits per heavy atom. The van der Waals surface area contributed by atoms with Crippen LogP contribution in [0.4, 0.5) is 4.79 Å². The molecule has 0 aromatic rings. The molecule has 1 N–H and O–H groups in total. The molecule has 0 rings (SSSR count). The fourth-order valence-electron chi connectivity index (χ4n) is 2.45. The van der Waals surface area contributed by atoms with Gasteiger partial charge in [-0.15, -0.1) is 0 Å². The molecule has 0 aromatic heterocycles. The number of esters is 1. The van der Waals surface area contributed by atoms with Crippen molar-refractivity contribution >= 4 is 20.9 Å². The van der Waals surface area contributed by atoms with E-state index < -0.39 is 33.6 Å². The first-order chi connectivity index (χ1) is 13.4. The molecule has 10 heteroatoms. The van der Waals surface area contributed by atoms with Crippen molar-refractivity contribution in [1.29, 1.82) is 0 Å². The summed E-state index contributed by atoms with van der Waals surface area (Å²) in [6, 6.07) is 0.537. The largest absolute Gasteiger partial charge is 0.500 e. The number of unbranched alkanes of at least 4 members (excludes halogenated alkanes) is 2. The third-order valence-electron chi connectivity index (χ3n) is 4.30. The van der Waals surface area contributed by atoms with E-state index in [2.05, 4.69) is 0 Å². The van der Waals surface area contributed by atoms with E-state index in [0.717, 1.165) is 19.3 Å². The highest BCUT2D eigenvalue weighted by Crippen LogP contribution is 2.16. The molecular weight excluding hydrogens is 386 g/mol. The van der Waals surface area contributed by atoms with Gasteiger partial charge in [-0.05, 0) is 19.3 Å². The van der Waals surface area contributed by atoms with E-state index in [-0.39, 0.29) is 6.61 Å². The van der Waals surface area contributed by atoms with Gasteiger partial charge in [0, 0.05) is 40.5 Å². The number of hydrogen-bond acceptors (Lipinski definition) is 8. The zero-order valence-corrected chi connectivity index (χ0v) is 18.9. The van der Waals surface area contributed by atoms with Gasteiger partial charge in [0.1, 0.15) is 0 Å². The van der Waals surface area contributed by atoms with Crippen LogP contribution < -0.4 is 0 Å².